The minimum atomic E-state index is -0.779. The molecule has 2 amide bonds. The predicted molar refractivity (Wildman–Crippen MR) is 110 cm³/mol. The van der Waals surface area contributed by atoms with Crippen LogP contribution in [0.15, 0.2) is 59.2 Å². The zero-order chi connectivity index (χ0) is 22.4. The molecular formula is C21H19N3O7. The van der Waals surface area contributed by atoms with E-state index in [4.69, 9.17) is 13.9 Å². The van der Waals surface area contributed by atoms with E-state index in [0.717, 1.165) is 6.07 Å². The van der Waals surface area contributed by atoms with Crippen molar-refractivity contribution in [2.24, 2.45) is 0 Å². The van der Waals surface area contributed by atoms with E-state index in [0.29, 0.717) is 5.76 Å². The molecule has 31 heavy (non-hydrogen) atoms. The van der Waals surface area contributed by atoms with Gasteiger partial charge in [-0.25, -0.2) is 0 Å². The third-order valence-electron chi connectivity index (χ3n) is 4.37. The first-order chi connectivity index (χ1) is 14.9. The van der Waals surface area contributed by atoms with Gasteiger partial charge in [0.05, 0.1) is 49.3 Å². The Morgan fingerprint density at radius 1 is 1.00 bits per heavy atom. The van der Waals surface area contributed by atoms with E-state index in [1.54, 1.807) is 24.3 Å². The number of benzene rings is 2. The molecule has 0 aliphatic carbocycles. The van der Waals surface area contributed by atoms with Crippen molar-refractivity contribution in [3.8, 4) is 11.5 Å². The fourth-order valence-electron chi connectivity index (χ4n) is 2.86. The second-order valence-electron chi connectivity index (χ2n) is 6.24. The van der Waals surface area contributed by atoms with Gasteiger partial charge in [0.25, 0.3) is 17.5 Å². The number of carbonyl (C=O) groups is 2. The first kappa shape index (κ1) is 21.4. The van der Waals surface area contributed by atoms with Gasteiger partial charge < -0.3 is 24.5 Å². The summed E-state index contributed by atoms with van der Waals surface area (Å²) in [6.07, 6.45) is 1.49. The summed E-state index contributed by atoms with van der Waals surface area (Å²) in [5, 5.41) is 16.7. The summed E-state index contributed by atoms with van der Waals surface area (Å²) < 4.78 is 15.4. The monoisotopic (exact) mass is 425 g/mol. The quantitative estimate of drug-likeness (QED) is 0.417. The molecule has 10 nitrogen and oxygen atoms in total. The van der Waals surface area contributed by atoms with Gasteiger partial charge >= 0.3 is 0 Å². The Bertz CT molecular complexity index is 1110. The van der Waals surface area contributed by atoms with Gasteiger partial charge in [-0.1, -0.05) is 12.1 Å². The van der Waals surface area contributed by atoms with Crippen molar-refractivity contribution in [1.82, 2.24) is 5.32 Å². The highest BCUT2D eigenvalue weighted by Gasteiger charge is 2.25. The number of nitrogens with zero attached hydrogens (tertiary/aromatic N) is 1. The lowest BCUT2D eigenvalue weighted by atomic mass is 10.1. The fourth-order valence-corrected chi connectivity index (χ4v) is 2.86. The van der Waals surface area contributed by atoms with Crippen molar-refractivity contribution in [3.63, 3.8) is 0 Å². The molecule has 1 heterocycles. The summed E-state index contributed by atoms with van der Waals surface area (Å²) in [5.41, 5.74) is -0.331. The van der Waals surface area contributed by atoms with E-state index in [-0.39, 0.29) is 34.9 Å². The smallest absolute Gasteiger partial charge is 0.286 e. The van der Waals surface area contributed by atoms with E-state index in [9.17, 15) is 19.7 Å². The summed E-state index contributed by atoms with van der Waals surface area (Å²) in [7, 11) is 2.68. The standard InChI is InChI=1S/C21H19N3O7/c1-29-18-10-15(17(24(27)28)11-19(18)30-2)21(26)23-16-8-4-3-7-14(16)20(25)22-12-13-6-5-9-31-13/h3-11H,12H2,1-2H3,(H,22,25)(H,23,26). The molecule has 0 radical (unpaired) electrons. The first-order valence-electron chi connectivity index (χ1n) is 9.06. The van der Waals surface area contributed by atoms with Crippen LogP contribution in [0.2, 0.25) is 0 Å². The number of amides is 2. The minimum Gasteiger partial charge on any atom is -0.493 e. The number of nitro benzene ring substituents is 1. The number of anilines is 1. The Hall–Kier alpha value is -4.34. The van der Waals surface area contributed by atoms with Crippen LogP contribution in [0.3, 0.4) is 0 Å². The highest BCUT2D eigenvalue weighted by atomic mass is 16.6. The number of ether oxygens (including phenoxy) is 2. The van der Waals surface area contributed by atoms with Crippen LogP contribution < -0.4 is 20.1 Å². The van der Waals surface area contributed by atoms with Gasteiger partial charge in [-0.2, -0.15) is 0 Å². The Morgan fingerprint density at radius 3 is 2.35 bits per heavy atom. The molecular weight excluding hydrogens is 406 g/mol. The highest BCUT2D eigenvalue weighted by molar-refractivity contribution is 6.11. The molecule has 0 aliphatic rings. The largest absolute Gasteiger partial charge is 0.493 e. The second-order valence-corrected chi connectivity index (χ2v) is 6.24. The van der Waals surface area contributed by atoms with Crippen molar-refractivity contribution >= 4 is 23.2 Å². The van der Waals surface area contributed by atoms with Crippen molar-refractivity contribution in [2.75, 3.05) is 19.5 Å². The molecule has 0 aliphatic heterocycles. The number of hydrogen-bond acceptors (Lipinski definition) is 7. The van der Waals surface area contributed by atoms with E-state index in [1.807, 2.05) is 0 Å². The van der Waals surface area contributed by atoms with Gasteiger partial charge in [-0.15, -0.1) is 0 Å². The molecule has 0 atom stereocenters. The van der Waals surface area contributed by atoms with Crippen LogP contribution in [-0.2, 0) is 6.54 Å². The lowest BCUT2D eigenvalue weighted by Crippen LogP contribution is -2.25. The van der Waals surface area contributed by atoms with E-state index >= 15 is 0 Å². The van der Waals surface area contributed by atoms with E-state index < -0.39 is 22.4 Å². The zero-order valence-electron chi connectivity index (χ0n) is 16.7. The van der Waals surface area contributed by atoms with Crippen LogP contribution in [0.5, 0.6) is 11.5 Å². The van der Waals surface area contributed by atoms with Crippen molar-refractivity contribution in [2.45, 2.75) is 6.54 Å². The number of nitrogens with one attached hydrogen (secondary N) is 2. The third kappa shape index (κ3) is 4.81. The number of hydrogen-bond donors (Lipinski definition) is 2. The minimum absolute atomic E-state index is 0.114. The lowest BCUT2D eigenvalue weighted by molar-refractivity contribution is -0.385. The molecule has 0 fully saturated rings. The summed E-state index contributed by atoms with van der Waals surface area (Å²) in [5.74, 6) is -0.393. The zero-order valence-corrected chi connectivity index (χ0v) is 16.7. The molecule has 0 saturated heterocycles. The maximum absolute atomic E-state index is 12.9. The van der Waals surface area contributed by atoms with Gasteiger partial charge in [-0.05, 0) is 24.3 Å². The molecule has 0 unspecified atom stereocenters. The Labute approximate surface area is 176 Å². The van der Waals surface area contributed by atoms with Gasteiger partial charge in [0.1, 0.15) is 11.3 Å². The molecule has 10 heteroatoms. The Balaban J connectivity index is 1.87. The van der Waals surface area contributed by atoms with Crippen LogP contribution >= 0.6 is 0 Å². The molecule has 3 rings (SSSR count). The molecule has 160 valence electrons. The second kappa shape index (κ2) is 9.44. The number of nitro groups is 1. The average Bonchev–Trinajstić information content (AvgIpc) is 3.30. The highest BCUT2D eigenvalue weighted by Crippen LogP contribution is 2.35. The normalized spacial score (nSPS) is 10.3. The van der Waals surface area contributed by atoms with Gasteiger partial charge in [0.2, 0.25) is 0 Å². The van der Waals surface area contributed by atoms with Crippen LogP contribution in [0, 0.1) is 10.1 Å². The number of furan rings is 1. The summed E-state index contributed by atoms with van der Waals surface area (Å²) in [6, 6.07) is 12.0. The number of rotatable bonds is 8. The molecule has 1 aromatic heterocycles. The van der Waals surface area contributed by atoms with Crippen molar-refractivity contribution < 1.29 is 28.4 Å². The molecule has 0 saturated carbocycles. The van der Waals surface area contributed by atoms with Crippen molar-refractivity contribution in [3.05, 3.63) is 81.8 Å². The summed E-state index contributed by atoms with van der Waals surface area (Å²) >= 11 is 0. The lowest BCUT2D eigenvalue weighted by Gasteiger charge is -2.13. The van der Waals surface area contributed by atoms with Crippen LogP contribution in [0.25, 0.3) is 0 Å². The molecule has 3 aromatic rings. The number of para-hydroxylation sites is 1. The summed E-state index contributed by atoms with van der Waals surface area (Å²) in [4.78, 5) is 36.2. The average molecular weight is 425 g/mol. The maximum atomic E-state index is 12.9. The molecule has 0 bridgehead atoms. The predicted octanol–water partition coefficient (Wildman–Crippen LogP) is 3.39. The van der Waals surface area contributed by atoms with Crippen LogP contribution in [0.4, 0.5) is 11.4 Å². The first-order valence-corrected chi connectivity index (χ1v) is 9.06. The fraction of sp³-hybridized carbons (Fsp3) is 0.143. The topological polar surface area (TPSA) is 133 Å². The number of carbonyl (C=O) groups excluding carboxylic acids is 2. The molecule has 2 aromatic carbocycles. The number of methoxy groups -OCH3 is 2. The van der Waals surface area contributed by atoms with Crippen LogP contribution in [0.1, 0.15) is 26.5 Å². The maximum Gasteiger partial charge on any atom is 0.286 e. The van der Waals surface area contributed by atoms with E-state index in [1.165, 1.54) is 38.7 Å². The molecule has 2 N–H and O–H groups in total. The van der Waals surface area contributed by atoms with E-state index in [2.05, 4.69) is 10.6 Å². The Kier molecular flexibility index (Phi) is 6.51. The van der Waals surface area contributed by atoms with Crippen molar-refractivity contribution in [1.29, 1.82) is 0 Å². The SMILES string of the molecule is COc1cc(C(=O)Nc2ccccc2C(=O)NCc2ccco2)c([N+](=O)[O-])cc1OC. The van der Waals surface area contributed by atoms with Gasteiger partial charge in [0, 0.05) is 6.07 Å². The third-order valence-corrected chi connectivity index (χ3v) is 4.37. The Morgan fingerprint density at radius 2 is 1.71 bits per heavy atom. The van der Waals surface area contributed by atoms with Gasteiger partial charge in [-0.3, -0.25) is 19.7 Å². The molecule has 0 spiro atoms. The van der Waals surface area contributed by atoms with Gasteiger partial charge in [0.15, 0.2) is 11.5 Å². The summed E-state index contributed by atoms with van der Waals surface area (Å²) in [6.45, 7) is 0.162. The van der Waals surface area contributed by atoms with Crippen LogP contribution in [-0.4, -0.2) is 31.0 Å².